The number of furan rings is 1. The molecule has 4 rings (SSSR count). The van der Waals surface area contributed by atoms with E-state index in [2.05, 4.69) is 15.3 Å². The van der Waals surface area contributed by atoms with Crippen molar-refractivity contribution in [1.29, 1.82) is 0 Å². The molecule has 2 aromatic carbocycles. The van der Waals surface area contributed by atoms with Gasteiger partial charge >= 0.3 is 0 Å². The number of nitrogens with zero attached hydrogens (tertiary/aromatic N) is 2. The van der Waals surface area contributed by atoms with Crippen LogP contribution in [0.3, 0.4) is 0 Å². The number of aromatic nitrogens is 2. The van der Waals surface area contributed by atoms with Gasteiger partial charge in [0.2, 0.25) is 0 Å². The third-order valence-electron chi connectivity index (χ3n) is 3.79. The number of para-hydroxylation sites is 1. The lowest BCUT2D eigenvalue weighted by Crippen LogP contribution is -1.97. The van der Waals surface area contributed by atoms with Gasteiger partial charge in [0, 0.05) is 11.1 Å². The zero-order chi connectivity index (χ0) is 15.8. The Labute approximate surface area is 132 Å². The maximum atomic E-state index is 9.71. The summed E-state index contributed by atoms with van der Waals surface area (Å²) >= 11 is 0. The van der Waals surface area contributed by atoms with Crippen molar-refractivity contribution >= 4 is 33.6 Å². The summed E-state index contributed by atoms with van der Waals surface area (Å²) in [7, 11) is 0. The second-order valence-electron chi connectivity index (χ2n) is 5.42. The normalized spacial score (nSPS) is 12.6. The lowest BCUT2D eigenvalue weighted by atomic mass is 10.1. The zero-order valence-electron chi connectivity index (χ0n) is 12.5. The maximum Gasteiger partial charge on any atom is 0.196 e. The molecular weight excluding hydrogens is 290 g/mol. The van der Waals surface area contributed by atoms with Crippen LogP contribution in [0.15, 0.2) is 59.3 Å². The molecule has 0 saturated carbocycles. The number of anilines is 2. The minimum absolute atomic E-state index is 0.520. The van der Waals surface area contributed by atoms with Crippen LogP contribution in [0.4, 0.5) is 11.5 Å². The fourth-order valence-electron chi connectivity index (χ4n) is 2.63. The Bertz CT molecular complexity index is 992. The van der Waals surface area contributed by atoms with Gasteiger partial charge in [-0.15, -0.1) is 0 Å². The molecule has 0 spiro atoms. The number of fused-ring (bicyclic) bond motifs is 3. The van der Waals surface area contributed by atoms with E-state index in [0.29, 0.717) is 11.4 Å². The number of aliphatic hydroxyl groups is 1. The monoisotopic (exact) mass is 305 g/mol. The van der Waals surface area contributed by atoms with Crippen LogP contribution in [0.2, 0.25) is 0 Å². The van der Waals surface area contributed by atoms with Crippen LogP contribution >= 0.6 is 0 Å². The minimum Gasteiger partial charge on any atom is -0.450 e. The Morgan fingerprint density at radius 1 is 1.09 bits per heavy atom. The number of aliphatic hydroxyl groups excluding tert-OH is 1. The first-order valence-corrected chi connectivity index (χ1v) is 7.39. The van der Waals surface area contributed by atoms with E-state index in [1.54, 1.807) is 6.92 Å². The molecule has 2 heterocycles. The summed E-state index contributed by atoms with van der Waals surface area (Å²) in [5.74, 6) is 0.606. The molecule has 5 nitrogen and oxygen atoms in total. The van der Waals surface area contributed by atoms with E-state index in [-0.39, 0.29) is 0 Å². The molecule has 0 aliphatic heterocycles. The maximum absolute atomic E-state index is 9.71. The minimum atomic E-state index is -0.520. The van der Waals surface area contributed by atoms with Crippen molar-refractivity contribution in [3.8, 4) is 0 Å². The number of benzene rings is 2. The fraction of sp³-hybridized carbons (Fsp3) is 0.111. The third-order valence-corrected chi connectivity index (χ3v) is 3.79. The lowest BCUT2D eigenvalue weighted by Gasteiger charge is -2.09. The number of hydrogen-bond acceptors (Lipinski definition) is 5. The highest BCUT2D eigenvalue weighted by Crippen LogP contribution is 2.31. The Hall–Kier alpha value is -2.92. The van der Waals surface area contributed by atoms with Crippen LogP contribution in [-0.2, 0) is 0 Å². The molecular formula is C18H15N3O2. The van der Waals surface area contributed by atoms with Gasteiger partial charge in [0.15, 0.2) is 11.4 Å². The third kappa shape index (κ3) is 2.41. The predicted octanol–water partition coefficient (Wildman–Crippen LogP) is 4.17. The van der Waals surface area contributed by atoms with Crippen molar-refractivity contribution in [3.63, 3.8) is 0 Å². The van der Waals surface area contributed by atoms with Gasteiger partial charge < -0.3 is 14.8 Å². The van der Waals surface area contributed by atoms with E-state index in [0.717, 1.165) is 27.7 Å². The molecule has 0 unspecified atom stereocenters. The van der Waals surface area contributed by atoms with E-state index in [9.17, 15) is 5.11 Å². The summed E-state index contributed by atoms with van der Waals surface area (Å²) in [6.45, 7) is 1.74. The van der Waals surface area contributed by atoms with Gasteiger partial charge in [-0.05, 0) is 36.8 Å². The first kappa shape index (κ1) is 13.7. The van der Waals surface area contributed by atoms with E-state index < -0.39 is 6.10 Å². The lowest BCUT2D eigenvalue weighted by molar-refractivity contribution is 0.199. The summed E-state index contributed by atoms with van der Waals surface area (Å²) in [5, 5.41) is 13.9. The molecule has 2 aromatic heterocycles. The molecule has 114 valence electrons. The highest BCUT2D eigenvalue weighted by atomic mass is 16.3. The average molecular weight is 305 g/mol. The van der Waals surface area contributed by atoms with Gasteiger partial charge in [0.05, 0.1) is 6.10 Å². The molecule has 0 fully saturated rings. The summed E-state index contributed by atoms with van der Waals surface area (Å²) in [6, 6.07) is 15.4. The first-order chi connectivity index (χ1) is 11.2. The largest absolute Gasteiger partial charge is 0.450 e. The van der Waals surface area contributed by atoms with E-state index in [1.807, 2.05) is 48.5 Å². The molecule has 5 heteroatoms. The van der Waals surface area contributed by atoms with Gasteiger partial charge in [0.1, 0.15) is 17.4 Å². The topological polar surface area (TPSA) is 71.2 Å². The molecule has 0 bridgehead atoms. The first-order valence-electron chi connectivity index (χ1n) is 7.39. The SMILES string of the molecule is C[C@H](O)c1cccc(Nc2ncnc3c2oc2ccccc23)c1. The quantitative estimate of drug-likeness (QED) is 0.594. The molecule has 23 heavy (non-hydrogen) atoms. The number of nitrogens with one attached hydrogen (secondary N) is 1. The molecule has 0 saturated heterocycles. The van der Waals surface area contributed by atoms with Gasteiger partial charge in [-0.25, -0.2) is 9.97 Å². The fourth-order valence-corrected chi connectivity index (χ4v) is 2.63. The molecule has 0 aliphatic rings. The standard InChI is InChI=1S/C18H15N3O2/c1-11(22)12-5-4-6-13(9-12)21-18-17-16(19-10-20-18)14-7-2-3-8-15(14)23-17/h2-11,22H,1H3,(H,19,20,21)/t11-/m0/s1. The molecule has 1 atom stereocenters. The van der Waals surface area contributed by atoms with Crippen molar-refractivity contribution in [2.24, 2.45) is 0 Å². The van der Waals surface area contributed by atoms with Crippen LogP contribution in [0, 0.1) is 0 Å². The smallest absolute Gasteiger partial charge is 0.196 e. The summed E-state index contributed by atoms with van der Waals surface area (Å²) < 4.78 is 5.90. The Kier molecular flexibility index (Phi) is 3.20. The van der Waals surface area contributed by atoms with Crippen molar-refractivity contribution in [2.45, 2.75) is 13.0 Å². The van der Waals surface area contributed by atoms with E-state index in [4.69, 9.17) is 4.42 Å². The highest BCUT2D eigenvalue weighted by molar-refractivity contribution is 6.05. The van der Waals surface area contributed by atoms with Crippen molar-refractivity contribution in [3.05, 3.63) is 60.4 Å². The molecule has 0 amide bonds. The van der Waals surface area contributed by atoms with Gasteiger partial charge in [-0.3, -0.25) is 0 Å². The zero-order valence-corrected chi connectivity index (χ0v) is 12.5. The highest BCUT2D eigenvalue weighted by Gasteiger charge is 2.13. The number of rotatable bonds is 3. The second-order valence-corrected chi connectivity index (χ2v) is 5.42. The van der Waals surface area contributed by atoms with Crippen molar-refractivity contribution in [2.75, 3.05) is 5.32 Å². The van der Waals surface area contributed by atoms with Gasteiger partial charge in [-0.2, -0.15) is 0 Å². The van der Waals surface area contributed by atoms with Crippen LogP contribution in [0.5, 0.6) is 0 Å². The average Bonchev–Trinajstić information content (AvgIpc) is 2.95. The number of hydrogen-bond donors (Lipinski definition) is 2. The van der Waals surface area contributed by atoms with Crippen LogP contribution in [-0.4, -0.2) is 15.1 Å². The van der Waals surface area contributed by atoms with Crippen LogP contribution in [0.1, 0.15) is 18.6 Å². The van der Waals surface area contributed by atoms with Crippen LogP contribution in [0.25, 0.3) is 22.1 Å². The summed E-state index contributed by atoms with van der Waals surface area (Å²) in [5.41, 5.74) is 3.86. The Morgan fingerprint density at radius 2 is 1.96 bits per heavy atom. The predicted molar refractivity (Wildman–Crippen MR) is 89.7 cm³/mol. The summed E-state index contributed by atoms with van der Waals surface area (Å²) in [6.07, 6.45) is 0.999. The second kappa shape index (κ2) is 5.37. The molecule has 4 aromatic rings. The van der Waals surface area contributed by atoms with E-state index in [1.165, 1.54) is 6.33 Å². The van der Waals surface area contributed by atoms with Crippen molar-refractivity contribution in [1.82, 2.24) is 9.97 Å². The summed E-state index contributed by atoms with van der Waals surface area (Å²) in [4.78, 5) is 8.63. The van der Waals surface area contributed by atoms with E-state index >= 15 is 0 Å². The molecule has 0 radical (unpaired) electrons. The van der Waals surface area contributed by atoms with Crippen molar-refractivity contribution < 1.29 is 9.52 Å². The molecule has 2 N–H and O–H groups in total. The van der Waals surface area contributed by atoms with Gasteiger partial charge in [0.25, 0.3) is 0 Å². The Balaban J connectivity index is 1.81. The Morgan fingerprint density at radius 3 is 2.83 bits per heavy atom. The van der Waals surface area contributed by atoms with Crippen LogP contribution < -0.4 is 5.32 Å². The molecule has 0 aliphatic carbocycles. The van der Waals surface area contributed by atoms with Gasteiger partial charge in [-0.1, -0.05) is 24.3 Å².